The van der Waals surface area contributed by atoms with Gasteiger partial charge in [0.05, 0.1) is 0 Å². The van der Waals surface area contributed by atoms with Crippen molar-refractivity contribution >= 4 is 17.6 Å². The van der Waals surface area contributed by atoms with Gasteiger partial charge in [0.1, 0.15) is 13.2 Å². The van der Waals surface area contributed by atoms with Crippen molar-refractivity contribution in [1.82, 2.24) is 5.32 Å². The van der Waals surface area contributed by atoms with Crippen LogP contribution in [0.4, 0.5) is 5.69 Å². The normalized spacial score (nSPS) is 10.1. The van der Waals surface area contributed by atoms with E-state index in [2.05, 4.69) is 15.4 Å². The van der Waals surface area contributed by atoms with Crippen LogP contribution in [0.5, 0.6) is 0 Å². The lowest BCUT2D eigenvalue weighted by Crippen LogP contribution is -2.20. The molecule has 1 rings (SSSR count). The molecule has 1 aromatic rings. The fourth-order valence-electron chi connectivity index (χ4n) is 1.39. The first-order valence-corrected chi connectivity index (χ1v) is 5.44. The third-order valence-corrected chi connectivity index (χ3v) is 2.05. The SMILES string of the molecule is CNCc1cccc(NC(=O)COCC(=O)O)c1. The van der Waals surface area contributed by atoms with E-state index in [4.69, 9.17) is 5.11 Å². The standard InChI is InChI=1S/C12H16N2O4/c1-13-6-9-3-2-4-10(5-9)14-11(15)7-18-8-12(16)17/h2-5,13H,6-8H2,1H3,(H,14,15)(H,16,17). The highest BCUT2D eigenvalue weighted by Crippen LogP contribution is 2.10. The lowest BCUT2D eigenvalue weighted by Gasteiger charge is -2.07. The molecule has 0 fully saturated rings. The second kappa shape index (κ2) is 7.41. The van der Waals surface area contributed by atoms with E-state index in [1.165, 1.54) is 0 Å². The number of benzene rings is 1. The molecule has 6 heteroatoms. The van der Waals surface area contributed by atoms with E-state index in [1.54, 1.807) is 6.07 Å². The van der Waals surface area contributed by atoms with E-state index < -0.39 is 12.6 Å². The quantitative estimate of drug-likeness (QED) is 0.655. The molecule has 0 bridgehead atoms. The Kier molecular flexibility index (Phi) is 5.83. The summed E-state index contributed by atoms with van der Waals surface area (Å²) in [5.74, 6) is -1.48. The summed E-state index contributed by atoms with van der Waals surface area (Å²) in [6, 6.07) is 7.37. The van der Waals surface area contributed by atoms with Gasteiger partial charge in [-0.3, -0.25) is 4.79 Å². The Bertz CT molecular complexity index is 420. The maximum absolute atomic E-state index is 11.4. The first-order valence-electron chi connectivity index (χ1n) is 5.44. The van der Waals surface area contributed by atoms with Gasteiger partial charge in [-0.1, -0.05) is 12.1 Å². The smallest absolute Gasteiger partial charge is 0.329 e. The van der Waals surface area contributed by atoms with Gasteiger partial charge in [-0.05, 0) is 24.7 Å². The number of carbonyl (C=O) groups excluding carboxylic acids is 1. The number of hydrogen-bond acceptors (Lipinski definition) is 4. The van der Waals surface area contributed by atoms with Crippen LogP contribution in [0.1, 0.15) is 5.56 Å². The Balaban J connectivity index is 2.43. The van der Waals surface area contributed by atoms with E-state index in [1.807, 2.05) is 25.2 Å². The van der Waals surface area contributed by atoms with Crippen molar-refractivity contribution in [3.05, 3.63) is 29.8 Å². The minimum atomic E-state index is -1.10. The predicted molar refractivity (Wildman–Crippen MR) is 66.3 cm³/mol. The van der Waals surface area contributed by atoms with Gasteiger partial charge in [0.15, 0.2) is 0 Å². The average Bonchev–Trinajstić information content (AvgIpc) is 2.29. The van der Waals surface area contributed by atoms with Gasteiger partial charge in [0.2, 0.25) is 5.91 Å². The number of amides is 1. The fourth-order valence-corrected chi connectivity index (χ4v) is 1.39. The molecule has 3 N–H and O–H groups in total. The van der Waals surface area contributed by atoms with Crippen LogP contribution in [0.25, 0.3) is 0 Å². The molecule has 0 spiro atoms. The second-order valence-electron chi connectivity index (χ2n) is 3.67. The highest BCUT2D eigenvalue weighted by Gasteiger charge is 2.04. The van der Waals surface area contributed by atoms with E-state index in [-0.39, 0.29) is 12.5 Å². The summed E-state index contributed by atoms with van der Waals surface area (Å²) in [5, 5.41) is 14.0. The molecule has 0 unspecified atom stereocenters. The van der Waals surface area contributed by atoms with Gasteiger partial charge >= 0.3 is 5.97 Å². The number of carbonyl (C=O) groups is 2. The van der Waals surface area contributed by atoms with Crippen LogP contribution < -0.4 is 10.6 Å². The molecule has 0 aliphatic carbocycles. The van der Waals surface area contributed by atoms with Gasteiger partial charge in [-0.15, -0.1) is 0 Å². The van der Waals surface area contributed by atoms with Crippen molar-refractivity contribution < 1.29 is 19.4 Å². The maximum atomic E-state index is 11.4. The van der Waals surface area contributed by atoms with Crippen LogP contribution in [-0.4, -0.2) is 37.2 Å². The lowest BCUT2D eigenvalue weighted by atomic mass is 10.2. The van der Waals surface area contributed by atoms with E-state index in [9.17, 15) is 9.59 Å². The summed E-state index contributed by atoms with van der Waals surface area (Å²) >= 11 is 0. The summed E-state index contributed by atoms with van der Waals surface area (Å²) in [7, 11) is 1.84. The molecular formula is C12H16N2O4. The third kappa shape index (κ3) is 5.42. The van der Waals surface area contributed by atoms with Crippen molar-refractivity contribution in [1.29, 1.82) is 0 Å². The van der Waals surface area contributed by atoms with E-state index in [0.29, 0.717) is 12.2 Å². The number of carboxylic acid groups (broad SMARTS) is 1. The van der Waals surface area contributed by atoms with Crippen molar-refractivity contribution in [2.75, 3.05) is 25.6 Å². The fraction of sp³-hybridized carbons (Fsp3) is 0.333. The minimum absolute atomic E-state index is 0.275. The Hall–Kier alpha value is -1.92. The number of carboxylic acids is 1. The molecule has 98 valence electrons. The molecule has 0 aliphatic heterocycles. The second-order valence-corrected chi connectivity index (χ2v) is 3.67. The lowest BCUT2D eigenvalue weighted by molar-refractivity contribution is -0.143. The van der Waals surface area contributed by atoms with Gasteiger partial charge < -0.3 is 20.5 Å². The molecule has 0 atom stereocenters. The van der Waals surface area contributed by atoms with Crippen molar-refractivity contribution in [2.45, 2.75) is 6.54 Å². The molecule has 0 heterocycles. The van der Waals surface area contributed by atoms with E-state index in [0.717, 1.165) is 5.56 Å². The largest absolute Gasteiger partial charge is 0.480 e. The van der Waals surface area contributed by atoms with Crippen LogP contribution in [0.15, 0.2) is 24.3 Å². The minimum Gasteiger partial charge on any atom is -0.480 e. The zero-order valence-corrected chi connectivity index (χ0v) is 10.1. The topological polar surface area (TPSA) is 87.7 Å². The number of rotatable bonds is 7. The Labute approximate surface area is 105 Å². The van der Waals surface area contributed by atoms with E-state index >= 15 is 0 Å². The van der Waals surface area contributed by atoms with Crippen molar-refractivity contribution in [3.63, 3.8) is 0 Å². The zero-order valence-electron chi connectivity index (χ0n) is 10.1. The molecule has 0 radical (unpaired) electrons. The molecule has 0 saturated heterocycles. The molecule has 0 aromatic heterocycles. The average molecular weight is 252 g/mol. The zero-order chi connectivity index (χ0) is 13.4. The number of anilines is 1. The Morgan fingerprint density at radius 2 is 2.11 bits per heavy atom. The monoisotopic (exact) mass is 252 g/mol. The molecule has 1 aromatic carbocycles. The van der Waals surface area contributed by atoms with Gasteiger partial charge in [0.25, 0.3) is 0 Å². The number of hydrogen-bond donors (Lipinski definition) is 3. The highest BCUT2D eigenvalue weighted by molar-refractivity contribution is 5.91. The summed E-state index contributed by atoms with van der Waals surface area (Å²) in [6.45, 7) is -0.0466. The molecule has 0 aliphatic rings. The highest BCUT2D eigenvalue weighted by atomic mass is 16.5. The number of ether oxygens (including phenoxy) is 1. The van der Waals surface area contributed by atoms with Gasteiger partial charge in [0, 0.05) is 12.2 Å². The molecule has 0 saturated carbocycles. The molecule has 18 heavy (non-hydrogen) atoms. The summed E-state index contributed by atoms with van der Waals surface area (Å²) in [6.07, 6.45) is 0. The Morgan fingerprint density at radius 1 is 1.33 bits per heavy atom. The van der Waals surface area contributed by atoms with Crippen molar-refractivity contribution in [2.24, 2.45) is 0 Å². The van der Waals surface area contributed by atoms with Crippen LogP contribution in [0.2, 0.25) is 0 Å². The number of nitrogens with one attached hydrogen (secondary N) is 2. The van der Waals surface area contributed by atoms with Crippen LogP contribution in [0.3, 0.4) is 0 Å². The van der Waals surface area contributed by atoms with Crippen LogP contribution in [0, 0.1) is 0 Å². The molecule has 1 amide bonds. The molecule has 6 nitrogen and oxygen atoms in total. The Morgan fingerprint density at radius 3 is 2.78 bits per heavy atom. The van der Waals surface area contributed by atoms with Gasteiger partial charge in [-0.2, -0.15) is 0 Å². The third-order valence-electron chi connectivity index (χ3n) is 2.05. The first kappa shape index (κ1) is 14.1. The summed E-state index contributed by atoms with van der Waals surface area (Å²) in [4.78, 5) is 21.6. The molecular weight excluding hydrogens is 236 g/mol. The van der Waals surface area contributed by atoms with Crippen molar-refractivity contribution in [3.8, 4) is 0 Å². The first-order chi connectivity index (χ1) is 8.61. The predicted octanol–water partition coefficient (Wildman–Crippen LogP) is 0.446. The van der Waals surface area contributed by atoms with Gasteiger partial charge in [-0.25, -0.2) is 4.79 Å². The summed E-state index contributed by atoms with van der Waals surface area (Å²) in [5.41, 5.74) is 1.70. The van der Waals surface area contributed by atoms with Crippen LogP contribution in [-0.2, 0) is 20.9 Å². The maximum Gasteiger partial charge on any atom is 0.329 e. The number of aliphatic carboxylic acids is 1. The summed E-state index contributed by atoms with van der Waals surface area (Å²) < 4.78 is 4.68. The van der Waals surface area contributed by atoms with Crippen LogP contribution >= 0.6 is 0 Å².